The number of rotatable bonds is 4. The third-order valence-corrected chi connectivity index (χ3v) is 3.61. The fourth-order valence-corrected chi connectivity index (χ4v) is 2.50. The highest BCUT2D eigenvalue weighted by Gasteiger charge is 2.27. The Morgan fingerprint density at radius 1 is 1.43 bits per heavy atom. The van der Waals surface area contributed by atoms with Crippen LogP contribution in [0.2, 0.25) is 0 Å². The Kier molecular flexibility index (Phi) is 3.63. The summed E-state index contributed by atoms with van der Waals surface area (Å²) >= 11 is 0. The maximum absolute atomic E-state index is 10.9. The molecule has 1 aliphatic rings. The molecular formula is C13H15N5O3. The van der Waals surface area contributed by atoms with Crippen molar-refractivity contribution in [3.05, 3.63) is 34.6 Å². The molecule has 0 saturated carbocycles. The van der Waals surface area contributed by atoms with E-state index in [-0.39, 0.29) is 17.8 Å². The van der Waals surface area contributed by atoms with Crippen molar-refractivity contribution in [3.8, 4) is 0 Å². The molecule has 2 atom stereocenters. The normalized spacial score (nSPS) is 21.6. The average molecular weight is 289 g/mol. The van der Waals surface area contributed by atoms with E-state index in [1.54, 1.807) is 13.2 Å². The van der Waals surface area contributed by atoms with Gasteiger partial charge >= 0.3 is 0 Å². The minimum Gasteiger partial charge on any atom is -0.378 e. The van der Waals surface area contributed by atoms with Crippen LogP contribution in [0, 0.1) is 10.1 Å². The molecule has 3 rings (SSSR count). The first kappa shape index (κ1) is 13.7. The van der Waals surface area contributed by atoms with E-state index in [0.717, 1.165) is 13.1 Å². The van der Waals surface area contributed by atoms with Crippen LogP contribution in [0.4, 0.5) is 11.5 Å². The van der Waals surface area contributed by atoms with Crippen LogP contribution in [0.15, 0.2) is 24.5 Å². The molecule has 1 aliphatic heterocycles. The van der Waals surface area contributed by atoms with Gasteiger partial charge in [-0.25, -0.2) is 9.97 Å². The molecule has 2 heterocycles. The topological polar surface area (TPSA) is 102 Å². The number of hydrogen-bond donors (Lipinski definition) is 2. The molecule has 0 amide bonds. The van der Waals surface area contributed by atoms with E-state index in [0.29, 0.717) is 16.7 Å². The molecule has 1 saturated heterocycles. The van der Waals surface area contributed by atoms with E-state index >= 15 is 0 Å². The third kappa shape index (κ3) is 2.63. The number of nitrogens with one attached hydrogen (secondary N) is 2. The van der Waals surface area contributed by atoms with E-state index in [4.69, 9.17) is 4.74 Å². The number of fused-ring (bicyclic) bond motifs is 1. The number of nitrogens with zero attached hydrogens (tertiary/aromatic N) is 3. The predicted octanol–water partition coefficient (Wildman–Crippen LogP) is 0.937. The number of nitro groups is 1. The smallest absolute Gasteiger partial charge is 0.270 e. The van der Waals surface area contributed by atoms with Gasteiger partial charge in [0.05, 0.1) is 22.6 Å². The molecule has 8 heteroatoms. The van der Waals surface area contributed by atoms with Crippen molar-refractivity contribution in [1.29, 1.82) is 0 Å². The summed E-state index contributed by atoms with van der Waals surface area (Å²) < 4.78 is 5.39. The molecule has 2 aromatic rings. The Morgan fingerprint density at radius 2 is 2.29 bits per heavy atom. The summed E-state index contributed by atoms with van der Waals surface area (Å²) in [5.41, 5.74) is 0.686. The van der Waals surface area contributed by atoms with Crippen LogP contribution in [0.5, 0.6) is 0 Å². The van der Waals surface area contributed by atoms with Crippen LogP contribution in [0.1, 0.15) is 0 Å². The zero-order valence-electron chi connectivity index (χ0n) is 11.4. The van der Waals surface area contributed by atoms with Crippen LogP contribution in [0.25, 0.3) is 10.9 Å². The molecule has 21 heavy (non-hydrogen) atoms. The molecule has 2 N–H and O–H groups in total. The molecule has 1 unspecified atom stereocenters. The number of ether oxygens (including phenoxy) is 1. The third-order valence-electron chi connectivity index (χ3n) is 3.61. The molecule has 0 radical (unpaired) electrons. The lowest BCUT2D eigenvalue weighted by molar-refractivity contribution is -0.384. The minimum absolute atomic E-state index is 0.0215. The van der Waals surface area contributed by atoms with E-state index in [2.05, 4.69) is 20.6 Å². The number of nitro benzene ring substituents is 1. The van der Waals surface area contributed by atoms with Gasteiger partial charge in [0, 0.05) is 37.7 Å². The highest BCUT2D eigenvalue weighted by Crippen LogP contribution is 2.25. The number of aromatic nitrogens is 2. The predicted molar refractivity (Wildman–Crippen MR) is 77.3 cm³/mol. The highest BCUT2D eigenvalue weighted by atomic mass is 16.6. The second kappa shape index (κ2) is 5.58. The van der Waals surface area contributed by atoms with E-state index in [1.165, 1.54) is 18.5 Å². The van der Waals surface area contributed by atoms with Gasteiger partial charge in [-0.05, 0) is 6.07 Å². The summed E-state index contributed by atoms with van der Waals surface area (Å²) in [5.74, 6) is 0.583. The Balaban J connectivity index is 1.97. The van der Waals surface area contributed by atoms with Crippen molar-refractivity contribution >= 4 is 22.4 Å². The lowest BCUT2D eigenvalue weighted by atomic mass is 10.1. The van der Waals surface area contributed by atoms with Crippen LogP contribution >= 0.6 is 0 Å². The highest BCUT2D eigenvalue weighted by molar-refractivity contribution is 5.90. The molecule has 0 spiro atoms. The summed E-state index contributed by atoms with van der Waals surface area (Å²) in [7, 11) is 1.66. The maximum atomic E-state index is 10.9. The van der Waals surface area contributed by atoms with Crippen molar-refractivity contribution in [1.82, 2.24) is 15.3 Å². The molecule has 1 fully saturated rings. The fraction of sp³-hybridized carbons (Fsp3) is 0.385. The number of non-ortho nitro benzene ring substituents is 1. The van der Waals surface area contributed by atoms with Crippen LogP contribution < -0.4 is 10.6 Å². The summed E-state index contributed by atoms with van der Waals surface area (Å²) in [6.45, 7) is 1.51. The summed E-state index contributed by atoms with van der Waals surface area (Å²) in [5, 5.41) is 18.1. The Morgan fingerprint density at radius 3 is 3.05 bits per heavy atom. The lowest BCUT2D eigenvalue weighted by Gasteiger charge is -2.19. The quantitative estimate of drug-likeness (QED) is 0.637. The second-order valence-electron chi connectivity index (χ2n) is 4.86. The zero-order chi connectivity index (χ0) is 14.8. The minimum atomic E-state index is -0.425. The number of hydrogen-bond acceptors (Lipinski definition) is 7. The molecule has 1 aromatic heterocycles. The lowest BCUT2D eigenvalue weighted by Crippen LogP contribution is -2.33. The van der Waals surface area contributed by atoms with Gasteiger partial charge in [-0.2, -0.15) is 0 Å². The zero-order valence-corrected chi connectivity index (χ0v) is 11.4. The Labute approximate surface area is 120 Å². The molecule has 0 aliphatic carbocycles. The largest absolute Gasteiger partial charge is 0.378 e. The number of methoxy groups -OCH3 is 1. The van der Waals surface area contributed by atoms with E-state index in [1.807, 2.05) is 0 Å². The van der Waals surface area contributed by atoms with Crippen LogP contribution in [0.3, 0.4) is 0 Å². The van der Waals surface area contributed by atoms with Gasteiger partial charge in [-0.3, -0.25) is 10.1 Å². The fourth-order valence-electron chi connectivity index (χ4n) is 2.50. The second-order valence-corrected chi connectivity index (χ2v) is 4.86. The Bertz CT molecular complexity index is 678. The SMILES string of the molecule is CO[C@H]1CNCC1Nc1ncnc2ccc([N+](=O)[O-])cc12. The molecule has 110 valence electrons. The van der Waals surface area contributed by atoms with Crippen molar-refractivity contribution in [2.75, 3.05) is 25.5 Å². The monoisotopic (exact) mass is 289 g/mol. The Hall–Kier alpha value is -2.32. The molecule has 0 bridgehead atoms. The van der Waals surface area contributed by atoms with Gasteiger partial charge in [0.2, 0.25) is 0 Å². The van der Waals surface area contributed by atoms with Gasteiger partial charge in [0.25, 0.3) is 5.69 Å². The van der Waals surface area contributed by atoms with E-state index in [9.17, 15) is 10.1 Å². The first-order valence-electron chi connectivity index (χ1n) is 6.58. The van der Waals surface area contributed by atoms with Gasteiger partial charge in [0.1, 0.15) is 12.1 Å². The van der Waals surface area contributed by atoms with Gasteiger partial charge in [-0.15, -0.1) is 0 Å². The van der Waals surface area contributed by atoms with Crippen LogP contribution in [-0.2, 0) is 4.74 Å². The molecule has 8 nitrogen and oxygen atoms in total. The summed E-state index contributed by atoms with van der Waals surface area (Å²) in [6, 6.07) is 4.62. The maximum Gasteiger partial charge on any atom is 0.270 e. The number of anilines is 1. The van der Waals surface area contributed by atoms with Gasteiger partial charge in [0.15, 0.2) is 0 Å². The van der Waals surface area contributed by atoms with Gasteiger partial charge in [-0.1, -0.05) is 0 Å². The van der Waals surface area contributed by atoms with Crippen molar-refractivity contribution < 1.29 is 9.66 Å². The molecule has 1 aromatic carbocycles. The first-order valence-corrected chi connectivity index (χ1v) is 6.58. The molecular weight excluding hydrogens is 274 g/mol. The van der Waals surface area contributed by atoms with Crippen molar-refractivity contribution in [2.24, 2.45) is 0 Å². The van der Waals surface area contributed by atoms with Crippen LogP contribution in [-0.4, -0.2) is 47.2 Å². The van der Waals surface area contributed by atoms with Crippen molar-refractivity contribution in [2.45, 2.75) is 12.1 Å². The van der Waals surface area contributed by atoms with Gasteiger partial charge < -0.3 is 15.4 Å². The summed E-state index contributed by atoms with van der Waals surface area (Å²) in [6.07, 6.45) is 1.48. The summed E-state index contributed by atoms with van der Waals surface area (Å²) in [4.78, 5) is 18.8. The number of benzene rings is 1. The first-order chi connectivity index (χ1) is 10.2. The van der Waals surface area contributed by atoms with E-state index < -0.39 is 4.92 Å². The van der Waals surface area contributed by atoms with Crippen molar-refractivity contribution in [3.63, 3.8) is 0 Å². The standard InChI is InChI=1S/C13H15N5O3/c1-21-12-6-14-5-11(12)17-13-9-4-8(18(19)20)2-3-10(9)15-7-16-13/h2-4,7,11-12,14H,5-6H2,1H3,(H,15,16,17)/t11?,12-/m0/s1. The average Bonchev–Trinajstić information content (AvgIpc) is 2.94.